The van der Waals surface area contributed by atoms with Gasteiger partial charge in [-0.25, -0.2) is 4.98 Å². The van der Waals surface area contributed by atoms with Crippen molar-refractivity contribution in [3.63, 3.8) is 0 Å². The molecule has 1 aromatic heterocycles. The highest BCUT2D eigenvalue weighted by molar-refractivity contribution is 5.92. The second-order valence-corrected chi connectivity index (χ2v) is 6.80. The molecule has 5 nitrogen and oxygen atoms in total. The van der Waals surface area contributed by atoms with E-state index < -0.39 is 0 Å². The number of hydrogen-bond donors (Lipinski definition) is 1. The molecule has 24 heavy (non-hydrogen) atoms. The lowest BCUT2D eigenvalue weighted by atomic mass is 10.1. The fraction of sp³-hybridized carbons (Fsp3) is 0.474. The number of aryl methyl sites for hydroxylation is 1. The lowest BCUT2D eigenvalue weighted by molar-refractivity contribution is 0.0946. The van der Waals surface area contributed by atoms with E-state index in [0.717, 1.165) is 19.4 Å². The van der Waals surface area contributed by atoms with E-state index >= 15 is 0 Å². The molecular weight excluding hydrogens is 302 g/mol. The monoisotopic (exact) mass is 327 g/mol. The van der Waals surface area contributed by atoms with Crippen molar-refractivity contribution in [2.24, 2.45) is 0 Å². The second-order valence-electron chi connectivity index (χ2n) is 6.80. The van der Waals surface area contributed by atoms with Gasteiger partial charge in [0, 0.05) is 18.6 Å². The maximum Gasteiger partial charge on any atom is 0.273 e. The molecule has 0 spiro atoms. The molecule has 0 bridgehead atoms. The molecule has 0 atom stereocenters. The number of aromatic nitrogens is 1. The van der Waals surface area contributed by atoms with Gasteiger partial charge >= 0.3 is 0 Å². The molecule has 0 unspecified atom stereocenters. The Bertz CT molecular complexity index is 704. The van der Waals surface area contributed by atoms with E-state index in [1.165, 1.54) is 17.4 Å². The van der Waals surface area contributed by atoms with Crippen LogP contribution < -0.4 is 5.32 Å². The molecule has 1 N–H and O–H groups in total. The minimum atomic E-state index is -0.137. The number of nitrogens with one attached hydrogen (secondary N) is 1. The van der Waals surface area contributed by atoms with Crippen LogP contribution in [0.1, 0.15) is 54.2 Å². The first kappa shape index (κ1) is 16.7. The summed E-state index contributed by atoms with van der Waals surface area (Å²) in [5, 5.41) is 2.93. The quantitative estimate of drug-likeness (QED) is 0.848. The van der Waals surface area contributed by atoms with Gasteiger partial charge in [-0.1, -0.05) is 24.3 Å². The molecule has 1 heterocycles. The molecule has 0 aliphatic heterocycles. The van der Waals surface area contributed by atoms with E-state index in [9.17, 15) is 4.79 Å². The number of hydrogen-bond acceptors (Lipinski definition) is 4. The van der Waals surface area contributed by atoms with Gasteiger partial charge in [0.15, 0.2) is 5.69 Å². The van der Waals surface area contributed by atoms with Crippen molar-refractivity contribution >= 4 is 5.91 Å². The molecule has 3 rings (SSSR count). The molecule has 5 heteroatoms. The van der Waals surface area contributed by atoms with Crippen molar-refractivity contribution in [2.75, 3.05) is 0 Å². The van der Waals surface area contributed by atoms with Crippen LogP contribution in [-0.4, -0.2) is 27.9 Å². The van der Waals surface area contributed by atoms with E-state index in [2.05, 4.69) is 60.2 Å². The minimum absolute atomic E-state index is 0.137. The molecule has 1 fully saturated rings. The predicted molar refractivity (Wildman–Crippen MR) is 92.6 cm³/mol. The normalized spacial score (nSPS) is 14.4. The fourth-order valence-corrected chi connectivity index (χ4v) is 2.58. The standard InChI is InChI=1S/C19H25N3O2/c1-13(2)22(10-15-7-5-4-6-14(15)3)11-18-21-17(12-24-18)19(23)20-16-8-9-16/h4-7,12-13,16H,8-11H2,1-3H3,(H,20,23). The first-order valence-electron chi connectivity index (χ1n) is 8.56. The Balaban J connectivity index is 1.66. The Morgan fingerprint density at radius 2 is 2.08 bits per heavy atom. The number of benzene rings is 1. The first-order valence-corrected chi connectivity index (χ1v) is 8.56. The molecule has 1 aromatic carbocycles. The predicted octanol–water partition coefficient (Wildman–Crippen LogP) is 3.29. The van der Waals surface area contributed by atoms with Gasteiger partial charge in [0.25, 0.3) is 5.91 Å². The van der Waals surface area contributed by atoms with Gasteiger partial charge in [0.2, 0.25) is 5.89 Å². The summed E-state index contributed by atoms with van der Waals surface area (Å²) >= 11 is 0. The number of carbonyl (C=O) groups is 1. The smallest absolute Gasteiger partial charge is 0.273 e. The maximum absolute atomic E-state index is 12.0. The van der Waals surface area contributed by atoms with Crippen LogP contribution in [0, 0.1) is 6.92 Å². The zero-order valence-corrected chi connectivity index (χ0v) is 14.6. The van der Waals surface area contributed by atoms with Crippen LogP contribution in [0.5, 0.6) is 0 Å². The molecule has 128 valence electrons. The Hall–Kier alpha value is -2.14. The molecule has 0 saturated heterocycles. The van der Waals surface area contributed by atoms with Gasteiger partial charge in [0.1, 0.15) is 6.26 Å². The zero-order valence-electron chi connectivity index (χ0n) is 14.6. The van der Waals surface area contributed by atoms with Crippen LogP contribution in [0.2, 0.25) is 0 Å². The van der Waals surface area contributed by atoms with Crippen molar-refractivity contribution < 1.29 is 9.21 Å². The fourth-order valence-electron chi connectivity index (χ4n) is 2.58. The highest BCUT2D eigenvalue weighted by atomic mass is 16.3. The Kier molecular flexibility index (Phi) is 5.00. The van der Waals surface area contributed by atoms with E-state index in [-0.39, 0.29) is 5.91 Å². The number of nitrogens with zero attached hydrogens (tertiary/aromatic N) is 2. The lowest BCUT2D eigenvalue weighted by Gasteiger charge is -2.25. The molecule has 1 saturated carbocycles. The van der Waals surface area contributed by atoms with Crippen LogP contribution in [0.25, 0.3) is 0 Å². The van der Waals surface area contributed by atoms with Crippen LogP contribution in [0.3, 0.4) is 0 Å². The van der Waals surface area contributed by atoms with Crippen molar-refractivity contribution in [1.29, 1.82) is 0 Å². The third-order valence-electron chi connectivity index (χ3n) is 4.40. The molecule has 1 aliphatic rings. The van der Waals surface area contributed by atoms with Crippen LogP contribution >= 0.6 is 0 Å². The van der Waals surface area contributed by atoms with Gasteiger partial charge < -0.3 is 9.73 Å². The SMILES string of the molecule is Cc1ccccc1CN(Cc1nc(C(=O)NC2CC2)co1)C(C)C. The van der Waals surface area contributed by atoms with Gasteiger partial charge in [-0.15, -0.1) is 0 Å². The number of amides is 1. The van der Waals surface area contributed by atoms with E-state index in [4.69, 9.17) is 4.42 Å². The highest BCUT2D eigenvalue weighted by Gasteiger charge is 2.25. The van der Waals surface area contributed by atoms with Crippen molar-refractivity contribution in [2.45, 2.75) is 58.8 Å². The van der Waals surface area contributed by atoms with Gasteiger partial charge in [-0.2, -0.15) is 0 Å². The summed E-state index contributed by atoms with van der Waals surface area (Å²) in [7, 11) is 0. The van der Waals surface area contributed by atoms with Gasteiger partial charge in [-0.3, -0.25) is 9.69 Å². The maximum atomic E-state index is 12.0. The van der Waals surface area contributed by atoms with Gasteiger partial charge in [0.05, 0.1) is 6.54 Å². The summed E-state index contributed by atoms with van der Waals surface area (Å²) in [5.41, 5.74) is 2.95. The van der Waals surface area contributed by atoms with E-state index in [1.807, 2.05) is 0 Å². The average Bonchev–Trinajstić information content (AvgIpc) is 3.23. The summed E-state index contributed by atoms with van der Waals surface area (Å²) < 4.78 is 5.52. The van der Waals surface area contributed by atoms with Crippen molar-refractivity contribution in [3.05, 3.63) is 53.2 Å². The van der Waals surface area contributed by atoms with Gasteiger partial charge in [-0.05, 0) is 44.7 Å². The Morgan fingerprint density at radius 1 is 1.33 bits per heavy atom. The molecular formula is C19H25N3O2. The highest BCUT2D eigenvalue weighted by Crippen LogP contribution is 2.20. The number of rotatable bonds is 7. The minimum Gasteiger partial charge on any atom is -0.447 e. The van der Waals surface area contributed by atoms with E-state index in [1.54, 1.807) is 0 Å². The zero-order chi connectivity index (χ0) is 17.1. The third kappa shape index (κ3) is 4.23. The largest absolute Gasteiger partial charge is 0.447 e. The molecule has 1 amide bonds. The average molecular weight is 327 g/mol. The Labute approximate surface area is 143 Å². The van der Waals surface area contributed by atoms with Crippen LogP contribution in [0.15, 0.2) is 34.9 Å². The topological polar surface area (TPSA) is 58.4 Å². The van der Waals surface area contributed by atoms with E-state index in [0.29, 0.717) is 30.2 Å². The first-order chi connectivity index (χ1) is 11.5. The lowest BCUT2D eigenvalue weighted by Crippen LogP contribution is -2.30. The molecule has 0 radical (unpaired) electrons. The number of carbonyl (C=O) groups excluding carboxylic acids is 1. The molecule has 2 aromatic rings. The van der Waals surface area contributed by atoms with Crippen LogP contribution in [0.4, 0.5) is 0 Å². The summed E-state index contributed by atoms with van der Waals surface area (Å²) in [4.78, 5) is 18.7. The summed E-state index contributed by atoms with van der Waals surface area (Å²) in [6, 6.07) is 9.06. The Morgan fingerprint density at radius 3 is 2.75 bits per heavy atom. The second kappa shape index (κ2) is 7.18. The third-order valence-corrected chi connectivity index (χ3v) is 4.40. The van der Waals surface area contributed by atoms with Crippen molar-refractivity contribution in [3.8, 4) is 0 Å². The number of oxazole rings is 1. The molecule has 1 aliphatic carbocycles. The summed E-state index contributed by atoms with van der Waals surface area (Å²) in [6.07, 6.45) is 3.58. The summed E-state index contributed by atoms with van der Waals surface area (Å²) in [5.74, 6) is 0.445. The van der Waals surface area contributed by atoms with Crippen molar-refractivity contribution in [1.82, 2.24) is 15.2 Å². The summed E-state index contributed by atoms with van der Waals surface area (Å²) in [6.45, 7) is 7.85. The van der Waals surface area contributed by atoms with Crippen LogP contribution in [-0.2, 0) is 13.1 Å².